The van der Waals surface area contributed by atoms with Gasteiger partial charge in [0, 0.05) is 6.54 Å². The fourth-order valence-corrected chi connectivity index (χ4v) is 3.75. The zero-order chi connectivity index (χ0) is 18.9. The van der Waals surface area contributed by atoms with Gasteiger partial charge in [0.15, 0.2) is 5.58 Å². The smallest absolute Gasteiger partial charge is 0.408 e. The molecule has 0 saturated carbocycles. The Hall–Kier alpha value is -2.61. The van der Waals surface area contributed by atoms with E-state index in [1.165, 1.54) is 4.57 Å². The summed E-state index contributed by atoms with van der Waals surface area (Å²) in [7, 11) is 0. The topological polar surface area (TPSA) is 96.5 Å². The second-order valence-corrected chi connectivity index (χ2v) is 6.78. The number of aliphatic hydroxyl groups is 1. The van der Waals surface area contributed by atoms with E-state index in [-0.39, 0.29) is 24.9 Å². The number of β-amino-alcohol motifs (C(OH)–C–C–N with tert-alkyl or cyclic N) is 1. The van der Waals surface area contributed by atoms with Crippen LogP contribution in [0.15, 0.2) is 63.8 Å². The van der Waals surface area contributed by atoms with Crippen LogP contribution in [-0.2, 0) is 16.9 Å². The second-order valence-electron chi connectivity index (χ2n) is 6.78. The highest BCUT2D eigenvalue weighted by Crippen LogP contribution is 2.31. The lowest BCUT2D eigenvalue weighted by Crippen LogP contribution is -2.61. The van der Waals surface area contributed by atoms with Crippen LogP contribution in [0.25, 0.3) is 11.1 Å². The predicted molar refractivity (Wildman–Crippen MR) is 107 cm³/mol. The first kappa shape index (κ1) is 20.1. The van der Waals surface area contributed by atoms with Crippen LogP contribution in [-0.4, -0.2) is 34.8 Å². The number of rotatable bonds is 4. The van der Waals surface area contributed by atoms with Crippen molar-refractivity contribution in [2.75, 3.05) is 13.1 Å². The number of nitrogens with one attached hydrogen (secondary N) is 2. The number of aromatic nitrogens is 1. The largest absolute Gasteiger partial charge is 0.420 e. The summed E-state index contributed by atoms with van der Waals surface area (Å²) in [6.45, 7) is 0.870. The van der Waals surface area contributed by atoms with Gasteiger partial charge in [-0.05, 0) is 30.7 Å². The van der Waals surface area contributed by atoms with Crippen LogP contribution >= 0.6 is 12.4 Å². The van der Waals surface area contributed by atoms with Crippen LogP contribution in [0.3, 0.4) is 0 Å². The van der Waals surface area contributed by atoms with Crippen LogP contribution in [0, 0.1) is 0 Å². The lowest BCUT2D eigenvalue weighted by atomic mass is 9.79. The number of oxazole rings is 1. The van der Waals surface area contributed by atoms with E-state index < -0.39 is 17.4 Å². The van der Waals surface area contributed by atoms with Gasteiger partial charge in [0.05, 0.1) is 17.2 Å². The Bertz CT molecular complexity index is 1020. The first-order chi connectivity index (χ1) is 13.1. The Labute approximate surface area is 167 Å². The molecule has 0 bridgehead atoms. The number of hydrogen-bond acceptors (Lipinski definition) is 5. The summed E-state index contributed by atoms with van der Waals surface area (Å²) in [6.07, 6.45) is -0.235. The molecule has 3 N–H and O–H groups in total. The van der Waals surface area contributed by atoms with Crippen molar-refractivity contribution in [1.82, 2.24) is 15.2 Å². The SMILES string of the molecule is Cl.O=C(Cn1c(=O)oc2ccccc21)N[C@]1(c2ccccc2)CCNC[C@H]1O. The zero-order valence-electron chi connectivity index (χ0n) is 15.1. The summed E-state index contributed by atoms with van der Waals surface area (Å²) in [5.74, 6) is -0.931. The molecule has 1 saturated heterocycles. The van der Waals surface area contributed by atoms with Gasteiger partial charge in [0.1, 0.15) is 6.54 Å². The van der Waals surface area contributed by atoms with Gasteiger partial charge in [-0.25, -0.2) is 4.79 Å². The minimum Gasteiger partial charge on any atom is -0.408 e. The summed E-state index contributed by atoms with van der Waals surface area (Å²) in [5.41, 5.74) is 0.955. The number of carbonyl (C=O) groups is 1. The van der Waals surface area contributed by atoms with Gasteiger partial charge >= 0.3 is 5.76 Å². The van der Waals surface area contributed by atoms with Crippen molar-refractivity contribution in [3.63, 3.8) is 0 Å². The number of piperidine rings is 1. The quantitative estimate of drug-likeness (QED) is 0.611. The summed E-state index contributed by atoms with van der Waals surface area (Å²) in [5, 5.41) is 16.8. The molecule has 0 spiro atoms. The Morgan fingerprint density at radius 3 is 2.68 bits per heavy atom. The molecule has 2 heterocycles. The summed E-state index contributed by atoms with van der Waals surface area (Å²) in [4.78, 5) is 25.0. The Balaban J connectivity index is 0.00000225. The third-order valence-electron chi connectivity index (χ3n) is 5.13. The molecule has 1 aliphatic heterocycles. The molecular weight excluding hydrogens is 382 g/mol. The minimum atomic E-state index is -0.896. The number of benzene rings is 2. The van der Waals surface area contributed by atoms with E-state index in [0.717, 1.165) is 5.56 Å². The summed E-state index contributed by atoms with van der Waals surface area (Å²) in [6, 6.07) is 16.4. The molecule has 28 heavy (non-hydrogen) atoms. The van der Waals surface area contributed by atoms with Gasteiger partial charge in [-0.2, -0.15) is 0 Å². The maximum atomic E-state index is 12.9. The van der Waals surface area contributed by atoms with Gasteiger partial charge in [-0.3, -0.25) is 9.36 Å². The van der Waals surface area contributed by atoms with E-state index in [1.54, 1.807) is 24.3 Å². The molecule has 3 aromatic rings. The van der Waals surface area contributed by atoms with Crippen LogP contribution in [0.1, 0.15) is 12.0 Å². The van der Waals surface area contributed by atoms with Crippen molar-refractivity contribution in [3.05, 3.63) is 70.7 Å². The number of fused-ring (bicyclic) bond motifs is 1. The lowest BCUT2D eigenvalue weighted by Gasteiger charge is -2.43. The molecule has 2 atom stereocenters. The fourth-order valence-electron chi connectivity index (χ4n) is 3.75. The summed E-state index contributed by atoms with van der Waals surface area (Å²) < 4.78 is 6.49. The van der Waals surface area contributed by atoms with Gasteiger partial charge in [-0.1, -0.05) is 42.5 Å². The van der Waals surface area contributed by atoms with Crippen molar-refractivity contribution >= 4 is 29.4 Å². The van der Waals surface area contributed by atoms with Crippen LogP contribution in [0.2, 0.25) is 0 Å². The van der Waals surface area contributed by atoms with E-state index in [4.69, 9.17) is 4.42 Å². The number of carbonyl (C=O) groups excluding carboxylic acids is 1. The Kier molecular flexibility index (Phi) is 5.88. The van der Waals surface area contributed by atoms with E-state index in [9.17, 15) is 14.7 Å². The second kappa shape index (κ2) is 8.18. The Morgan fingerprint density at radius 2 is 1.93 bits per heavy atom. The normalized spacial score (nSPS) is 21.8. The lowest BCUT2D eigenvalue weighted by molar-refractivity contribution is -0.126. The average Bonchev–Trinajstić information content (AvgIpc) is 3.00. The number of hydrogen-bond donors (Lipinski definition) is 3. The number of aliphatic hydroxyl groups excluding tert-OH is 1. The number of amides is 1. The standard InChI is InChI=1S/C20H21N3O4.ClH/c24-17-12-21-11-10-20(17,14-6-2-1-3-7-14)22-18(25)13-23-15-8-4-5-9-16(15)27-19(23)26;/h1-9,17,21,24H,10-13H2,(H,22,25);1H/t17-,20+;/m1./s1. The molecule has 1 amide bonds. The van der Waals surface area contributed by atoms with E-state index in [1.807, 2.05) is 30.3 Å². The highest BCUT2D eigenvalue weighted by atomic mass is 35.5. The summed E-state index contributed by atoms with van der Waals surface area (Å²) >= 11 is 0. The minimum absolute atomic E-state index is 0. The molecule has 4 rings (SSSR count). The van der Waals surface area contributed by atoms with Crippen molar-refractivity contribution in [2.45, 2.75) is 24.6 Å². The van der Waals surface area contributed by atoms with Crippen molar-refractivity contribution in [2.24, 2.45) is 0 Å². The maximum Gasteiger partial charge on any atom is 0.420 e. The van der Waals surface area contributed by atoms with E-state index in [2.05, 4.69) is 10.6 Å². The average molecular weight is 404 g/mol. The molecule has 1 fully saturated rings. The van der Waals surface area contributed by atoms with Gasteiger partial charge < -0.3 is 20.2 Å². The van der Waals surface area contributed by atoms with Gasteiger partial charge in [-0.15, -0.1) is 12.4 Å². The Morgan fingerprint density at radius 1 is 1.21 bits per heavy atom. The van der Waals surface area contributed by atoms with Crippen molar-refractivity contribution in [3.8, 4) is 0 Å². The molecule has 0 radical (unpaired) electrons. The maximum absolute atomic E-state index is 12.9. The molecule has 0 aliphatic carbocycles. The number of para-hydroxylation sites is 2. The van der Waals surface area contributed by atoms with Crippen LogP contribution in [0.5, 0.6) is 0 Å². The molecule has 2 aromatic carbocycles. The van der Waals surface area contributed by atoms with Crippen molar-refractivity contribution < 1.29 is 14.3 Å². The monoisotopic (exact) mass is 403 g/mol. The van der Waals surface area contributed by atoms with Gasteiger partial charge in [0.2, 0.25) is 5.91 Å². The molecule has 7 nitrogen and oxygen atoms in total. The first-order valence-electron chi connectivity index (χ1n) is 8.94. The van der Waals surface area contributed by atoms with E-state index in [0.29, 0.717) is 30.6 Å². The molecule has 0 unspecified atom stereocenters. The zero-order valence-corrected chi connectivity index (χ0v) is 15.9. The molecule has 1 aromatic heterocycles. The highest BCUT2D eigenvalue weighted by Gasteiger charge is 2.42. The third kappa shape index (κ3) is 3.56. The first-order valence-corrected chi connectivity index (χ1v) is 8.94. The van der Waals surface area contributed by atoms with Crippen molar-refractivity contribution in [1.29, 1.82) is 0 Å². The molecule has 148 valence electrons. The molecular formula is C20H22ClN3O4. The fraction of sp³-hybridized carbons (Fsp3) is 0.300. The van der Waals surface area contributed by atoms with E-state index >= 15 is 0 Å². The third-order valence-corrected chi connectivity index (χ3v) is 5.13. The predicted octanol–water partition coefficient (Wildman–Crippen LogP) is 1.38. The van der Waals surface area contributed by atoms with Crippen LogP contribution in [0.4, 0.5) is 0 Å². The molecule has 1 aliphatic rings. The number of halogens is 1. The highest BCUT2D eigenvalue weighted by molar-refractivity contribution is 5.85. The van der Waals surface area contributed by atoms with Crippen LogP contribution < -0.4 is 16.4 Å². The molecule has 8 heteroatoms. The number of nitrogens with zero attached hydrogens (tertiary/aromatic N) is 1. The van der Waals surface area contributed by atoms with Gasteiger partial charge in [0.25, 0.3) is 0 Å².